The number of carbonyl (C=O) groups is 2. The average molecular weight is 515 g/mol. The second-order valence-electron chi connectivity index (χ2n) is 8.98. The number of carbonyl (C=O) groups excluding carboxylic acids is 2. The van der Waals surface area contributed by atoms with Gasteiger partial charge in [-0.15, -0.1) is 0 Å². The first kappa shape index (κ1) is 23.0. The molecule has 33 heavy (non-hydrogen) atoms. The van der Waals surface area contributed by atoms with Crippen LogP contribution >= 0.6 is 15.9 Å². The molecule has 1 aliphatic heterocycles. The van der Waals surface area contributed by atoms with Crippen LogP contribution < -0.4 is 15.5 Å². The van der Waals surface area contributed by atoms with Gasteiger partial charge in [-0.25, -0.2) is 9.78 Å². The summed E-state index contributed by atoms with van der Waals surface area (Å²) in [6.07, 6.45) is 6.39. The van der Waals surface area contributed by atoms with E-state index in [1.807, 2.05) is 20.8 Å². The first-order chi connectivity index (χ1) is 15.7. The number of alkyl carbamates (subject to hydrolysis) is 1. The lowest BCUT2D eigenvalue weighted by molar-refractivity contribution is 0.0500. The molecule has 2 amide bonds. The van der Waals surface area contributed by atoms with Gasteiger partial charge < -0.3 is 25.3 Å². The standard InChI is InChI=1S/C23H27BrN6O3/c1-23(2,3)33-22(32)28-14-7-6-10-30(13-14)19-15(24)11-26-20-18(19)17(12-27-20)29-21(31)16-8-4-5-9-25-16/h4-5,8-9,11-12,14H,6-7,10,13H2,1-3H3,(H,26,27)(H,28,32)(H,29,31)/t14-/m1/s1. The normalized spacial score (nSPS) is 16.5. The Balaban J connectivity index is 1.59. The minimum atomic E-state index is -0.551. The van der Waals surface area contributed by atoms with Crippen molar-refractivity contribution < 1.29 is 14.3 Å². The van der Waals surface area contributed by atoms with Crippen LogP contribution in [0.4, 0.5) is 16.2 Å². The van der Waals surface area contributed by atoms with E-state index in [0.29, 0.717) is 23.6 Å². The van der Waals surface area contributed by atoms with Crippen LogP contribution in [0.3, 0.4) is 0 Å². The summed E-state index contributed by atoms with van der Waals surface area (Å²) in [4.78, 5) is 38.9. The molecule has 3 aromatic rings. The highest BCUT2D eigenvalue weighted by molar-refractivity contribution is 9.10. The van der Waals surface area contributed by atoms with Crippen molar-refractivity contribution in [2.24, 2.45) is 0 Å². The predicted octanol–water partition coefficient (Wildman–Crippen LogP) is 4.47. The van der Waals surface area contributed by atoms with Gasteiger partial charge in [0.05, 0.1) is 21.2 Å². The Bertz CT molecular complexity index is 1160. The van der Waals surface area contributed by atoms with E-state index in [2.05, 4.69) is 46.4 Å². The molecule has 0 radical (unpaired) electrons. The number of amides is 2. The number of nitrogens with zero attached hydrogens (tertiary/aromatic N) is 3. The molecule has 0 bridgehead atoms. The van der Waals surface area contributed by atoms with Crippen LogP contribution in [0.2, 0.25) is 0 Å². The summed E-state index contributed by atoms with van der Waals surface area (Å²) in [6, 6.07) is 5.14. The van der Waals surface area contributed by atoms with Crippen LogP contribution in [-0.4, -0.2) is 51.7 Å². The van der Waals surface area contributed by atoms with Gasteiger partial charge in [0.15, 0.2) is 0 Å². The molecule has 4 rings (SSSR count). The molecule has 1 fully saturated rings. The number of pyridine rings is 2. The number of anilines is 2. The zero-order valence-electron chi connectivity index (χ0n) is 18.8. The summed E-state index contributed by atoms with van der Waals surface area (Å²) in [5.41, 5.74) is 1.97. The van der Waals surface area contributed by atoms with E-state index in [0.717, 1.165) is 34.9 Å². The largest absolute Gasteiger partial charge is 0.444 e. The van der Waals surface area contributed by atoms with E-state index < -0.39 is 11.7 Å². The maximum atomic E-state index is 12.7. The highest BCUT2D eigenvalue weighted by Crippen LogP contribution is 2.39. The average Bonchev–Trinajstić information content (AvgIpc) is 3.15. The topological polar surface area (TPSA) is 112 Å². The van der Waals surface area contributed by atoms with Crippen molar-refractivity contribution in [2.45, 2.75) is 45.3 Å². The Labute approximate surface area is 200 Å². The van der Waals surface area contributed by atoms with Gasteiger partial charge in [-0.05, 0) is 61.7 Å². The number of hydrogen-bond acceptors (Lipinski definition) is 6. The third-order valence-electron chi connectivity index (χ3n) is 5.23. The lowest BCUT2D eigenvalue weighted by Gasteiger charge is -2.36. The molecular formula is C23H27BrN6O3. The van der Waals surface area contributed by atoms with E-state index >= 15 is 0 Å². The van der Waals surface area contributed by atoms with Gasteiger partial charge in [-0.2, -0.15) is 0 Å². The number of piperidine rings is 1. The van der Waals surface area contributed by atoms with E-state index in [1.165, 1.54) is 0 Å². The molecule has 174 valence electrons. The van der Waals surface area contributed by atoms with Crippen LogP contribution in [0.25, 0.3) is 11.0 Å². The van der Waals surface area contributed by atoms with E-state index in [9.17, 15) is 9.59 Å². The highest BCUT2D eigenvalue weighted by Gasteiger charge is 2.27. The fraction of sp³-hybridized carbons (Fsp3) is 0.391. The number of nitrogens with one attached hydrogen (secondary N) is 3. The van der Waals surface area contributed by atoms with Crippen molar-refractivity contribution in [3.63, 3.8) is 0 Å². The monoisotopic (exact) mass is 514 g/mol. The van der Waals surface area contributed by atoms with Crippen LogP contribution in [0, 0.1) is 0 Å². The third-order valence-corrected chi connectivity index (χ3v) is 5.81. The number of fused-ring (bicyclic) bond motifs is 1. The molecule has 1 saturated heterocycles. The SMILES string of the molecule is CC(C)(C)OC(=O)N[C@@H]1CCCN(c2c(Br)cnc3[nH]cc(NC(=O)c4ccccn4)c23)C1. The number of H-pyrrole nitrogens is 1. The smallest absolute Gasteiger partial charge is 0.407 e. The molecule has 10 heteroatoms. The van der Waals surface area contributed by atoms with Gasteiger partial charge in [0.1, 0.15) is 16.9 Å². The van der Waals surface area contributed by atoms with Gasteiger partial charge in [0, 0.05) is 37.7 Å². The van der Waals surface area contributed by atoms with Crippen molar-refractivity contribution in [2.75, 3.05) is 23.3 Å². The van der Waals surface area contributed by atoms with Crippen molar-refractivity contribution in [1.29, 1.82) is 0 Å². The van der Waals surface area contributed by atoms with Gasteiger partial charge in [0.2, 0.25) is 0 Å². The first-order valence-electron chi connectivity index (χ1n) is 10.8. The second kappa shape index (κ2) is 9.38. The lowest BCUT2D eigenvalue weighted by atomic mass is 10.0. The molecule has 0 saturated carbocycles. The molecule has 4 heterocycles. The number of aromatic amines is 1. The summed E-state index contributed by atoms with van der Waals surface area (Å²) in [5, 5.41) is 6.73. The second-order valence-corrected chi connectivity index (χ2v) is 9.84. The van der Waals surface area contributed by atoms with Gasteiger partial charge in [-0.3, -0.25) is 9.78 Å². The summed E-state index contributed by atoms with van der Waals surface area (Å²) in [6.45, 7) is 6.95. The number of halogens is 1. The summed E-state index contributed by atoms with van der Waals surface area (Å²) < 4.78 is 6.23. The fourth-order valence-electron chi connectivity index (χ4n) is 3.92. The zero-order valence-corrected chi connectivity index (χ0v) is 20.4. The van der Waals surface area contributed by atoms with Gasteiger partial charge in [-0.1, -0.05) is 6.07 Å². The molecule has 1 aliphatic rings. The minimum Gasteiger partial charge on any atom is -0.444 e. The Kier molecular flexibility index (Phi) is 6.55. The third kappa shape index (κ3) is 5.44. The van der Waals surface area contributed by atoms with Gasteiger partial charge in [0.25, 0.3) is 5.91 Å². The molecule has 0 aromatic carbocycles. The van der Waals surface area contributed by atoms with Crippen molar-refractivity contribution in [1.82, 2.24) is 20.3 Å². The number of hydrogen-bond donors (Lipinski definition) is 3. The summed E-state index contributed by atoms with van der Waals surface area (Å²) in [7, 11) is 0. The number of aromatic nitrogens is 3. The summed E-state index contributed by atoms with van der Waals surface area (Å²) in [5.74, 6) is -0.300. The number of ether oxygens (including phenoxy) is 1. The molecule has 3 N–H and O–H groups in total. The molecule has 0 spiro atoms. The maximum absolute atomic E-state index is 12.7. The number of rotatable bonds is 4. The zero-order chi connectivity index (χ0) is 23.6. The molecule has 0 aliphatic carbocycles. The molecule has 3 aromatic heterocycles. The Morgan fingerprint density at radius 3 is 2.82 bits per heavy atom. The summed E-state index contributed by atoms with van der Waals surface area (Å²) >= 11 is 3.64. The Hall–Kier alpha value is -3.14. The Morgan fingerprint density at radius 2 is 2.09 bits per heavy atom. The maximum Gasteiger partial charge on any atom is 0.407 e. The Morgan fingerprint density at radius 1 is 1.27 bits per heavy atom. The molecule has 0 unspecified atom stereocenters. The van der Waals surface area contributed by atoms with Crippen LogP contribution in [0.5, 0.6) is 0 Å². The van der Waals surface area contributed by atoms with E-state index in [1.54, 1.807) is 36.8 Å². The fourth-order valence-corrected chi connectivity index (χ4v) is 4.47. The van der Waals surface area contributed by atoms with E-state index in [4.69, 9.17) is 4.74 Å². The molecular weight excluding hydrogens is 488 g/mol. The van der Waals surface area contributed by atoms with Crippen LogP contribution in [-0.2, 0) is 4.74 Å². The first-order valence-corrected chi connectivity index (χ1v) is 11.6. The molecule has 1 atom stereocenters. The van der Waals surface area contributed by atoms with Crippen molar-refractivity contribution in [3.05, 3.63) is 47.0 Å². The predicted molar refractivity (Wildman–Crippen MR) is 131 cm³/mol. The lowest BCUT2D eigenvalue weighted by Crippen LogP contribution is -2.49. The van der Waals surface area contributed by atoms with Crippen molar-refractivity contribution in [3.8, 4) is 0 Å². The highest BCUT2D eigenvalue weighted by atomic mass is 79.9. The quantitative estimate of drug-likeness (QED) is 0.473. The van der Waals surface area contributed by atoms with Crippen molar-refractivity contribution >= 4 is 50.3 Å². The minimum absolute atomic E-state index is 0.0609. The van der Waals surface area contributed by atoms with Crippen LogP contribution in [0.1, 0.15) is 44.1 Å². The van der Waals surface area contributed by atoms with Crippen LogP contribution in [0.15, 0.2) is 41.3 Å². The van der Waals surface area contributed by atoms with E-state index in [-0.39, 0.29) is 11.9 Å². The molecule has 9 nitrogen and oxygen atoms in total. The van der Waals surface area contributed by atoms with Gasteiger partial charge >= 0.3 is 6.09 Å².